The molecule has 114 valence electrons. The maximum absolute atomic E-state index is 13.1. The Morgan fingerprint density at radius 1 is 1.14 bits per heavy atom. The van der Waals surface area contributed by atoms with Crippen molar-refractivity contribution in [2.75, 3.05) is 0 Å². The van der Waals surface area contributed by atoms with Crippen molar-refractivity contribution < 1.29 is 13.2 Å². The third-order valence-electron chi connectivity index (χ3n) is 2.86. The van der Waals surface area contributed by atoms with Crippen LogP contribution in [0, 0.1) is 11.3 Å². The smallest absolute Gasteiger partial charge is 0.256 e. The summed E-state index contributed by atoms with van der Waals surface area (Å²) >= 11 is 17.9. The minimum absolute atomic E-state index is 0.0588. The molecule has 1 aromatic carbocycles. The zero-order valence-electron chi connectivity index (χ0n) is 10.7. The molecule has 0 aliphatic rings. The second kappa shape index (κ2) is 6.33. The van der Waals surface area contributed by atoms with Gasteiger partial charge in [0, 0.05) is 22.3 Å². The van der Waals surface area contributed by atoms with Crippen molar-refractivity contribution in [3.05, 3.63) is 50.6 Å². The summed E-state index contributed by atoms with van der Waals surface area (Å²) in [5.41, 5.74) is -1.18. The van der Waals surface area contributed by atoms with Crippen LogP contribution in [0.1, 0.15) is 11.1 Å². The second-order valence-corrected chi connectivity index (χ2v) is 5.51. The van der Waals surface area contributed by atoms with Gasteiger partial charge in [0.25, 0.3) is 0 Å². The Labute approximate surface area is 139 Å². The van der Waals surface area contributed by atoms with Crippen LogP contribution in [0.4, 0.5) is 13.2 Å². The van der Waals surface area contributed by atoms with Crippen LogP contribution in [0.15, 0.2) is 24.4 Å². The van der Waals surface area contributed by atoms with Crippen molar-refractivity contribution in [2.45, 2.75) is 12.6 Å². The van der Waals surface area contributed by atoms with E-state index in [1.807, 2.05) is 0 Å². The first-order chi connectivity index (χ1) is 10.3. The molecule has 0 aliphatic carbocycles. The zero-order chi connectivity index (χ0) is 16.5. The molecule has 0 amide bonds. The number of nitrogens with zero attached hydrogens (tertiary/aromatic N) is 2. The Kier molecular flexibility index (Phi) is 4.86. The number of nitriles is 1. The van der Waals surface area contributed by atoms with E-state index in [9.17, 15) is 13.2 Å². The molecule has 8 heteroatoms. The summed E-state index contributed by atoms with van der Waals surface area (Å²) in [4.78, 5) is 3.93. The molecule has 1 aromatic heterocycles. The summed E-state index contributed by atoms with van der Waals surface area (Å²) in [5, 5.41) is 9.19. The third kappa shape index (κ3) is 3.30. The number of hydrogen-bond acceptors (Lipinski definition) is 2. The molecule has 0 radical (unpaired) electrons. The molecule has 0 fully saturated rings. The van der Waals surface area contributed by atoms with Crippen LogP contribution < -0.4 is 0 Å². The highest BCUT2D eigenvalue weighted by Crippen LogP contribution is 2.41. The fourth-order valence-corrected chi connectivity index (χ4v) is 3.00. The van der Waals surface area contributed by atoms with E-state index in [2.05, 4.69) is 4.98 Å². The molecule has 0 spiro atoms. The van der Waals surface area contributed by atoms with E-state index in [1.165, 1.54) is 12.1 Å². The van der Waals surface area contributed by atoms with E-state index >= 15 is 0 Å². The van der Waals surface area contributed by atoms with Crippen LogP contribution in [-0.2, 0) is 12.6 Å². The van der Waals surface area contributed by atoms with Gasteiger partial charge >= 0.3 is 6.18 Å². The summed E-state index contributed by atoms with van der Waals surface area (Å²) in [6.07, 6.45) is -4.09. The molecular weight excluding hydrogens is 360 g/mol. The molecule has 0 atom stereocenters. The maximum Gasteiger partial charge on any atom is 0.416 e. The van der Waals surface area contributed by atoms with Gasteiger partial charge in [-0.2, -0.15) is 18.4 Å². The van der Waals surface area contributed by atoms with Crippen LogP contribution in [0.2, 0.25) is 15.1 Å². The van der Waals surface area contributed by atoms with E-state index in [0.29, 0.717) is 0 Å². The summed E-state index contributed by atoms with van der Waals surface area (Å²) in [5.74, 6) is 0. The molecule has 2 rings (SSSR count). The van der Waals surface area contributed by atoms with Gasteiger partial charge in [-0.3, -0.25) is 4.98 Å². The summed E-state index contributed by atoms with van der Waals surface area (Å²) in [6, 6.07) is 5.22. The second-order valence-electron chi connectivity index (χ2n) is 4.26. The van der Waals surface area contributed by atoms with Crippen molar-refractivity contribution >= 4 is 34.8 Å². The summed E-state index contributed by atoms with van der Waals surface area (Å²) in [7, 11) is 0. The molecule has 0 N–H and O–H groups in total. The number of hydrogen-bond donors (Lipinski definition) is 0. The minimum Gasteiger partial charge on any atom is -0.256 e. The number of alkyl halides is 3. The van der Waals surface area contributed by atoms with Gasteiger partial charge in [0.05, 0.1) is 33.8 Å². The molecule has 22 heavy (non-hydrogen) atoms. The van der Waals surface area contributed by atoms with Gasteiger partial charge < -0.3 is 0 Å². The lowest BCUT2D eigenvalue weighted by atomic mass is 9.98. The van der Waals surface area contributed by atoms with Gasteiger partial charge in [-0.05, 0) is 18.2 Å². The largest absolute Gasteiger partial charge is 0.416 e. The van der Waals surface area contributed by atoms with Crippen LogP contribution in [-0.4, -0.2) is 4.98 Å². The number of benzene rings is 1. The van der Waals surface area contributed by atoms with Crippen LogP contribution >= 0.6 is 34.8 Å². The molecule has 2 aromatic rings. The molecular formula is C14H6Cl3F3N2. The zero-order valence-corrected chi connectivity index (χ0v) is 12.9. The molecule has 0 aliphatic heterocycles. The molecule has 0 unspecified atom stereocenters. The Hall–Kier alpha value is -1.48. The van der Waals surface area contributed by atoms with E-state index in [4.69, 9.17) is 40.1 Å². The van der Waals surface area contributed by atoms with Crippen molar-refractivity contribution in [2.24, 2.45) is 0 Å². The van der Waals surface area contributed by atoms with Gasteiger partial charge in [-0.15, -0.1) is 0 Å². The highest BCUT2D eigenvalue weighted by Gasteiger charge is 2.35. The topological polar surface area (TPSA) is 36.7 Å². The number of halogens is 6. The molecule has 2 nitrogen and oxygen atoms in total. The molecule has 1 heterocycles. The maximum atomic E-state index is 13.1. The number of rotatable bonds is 2. The van der Waals surface area contributed by atoms with Crippen LogP contribution in [0.3, 0.4) is 0 Å². The van der Waals surface area contributed by atoms with Gasteiger partial charge in [0.2, 0.25) is 0 Å². The summed E-state index contributed by atoms with van der Waals surface area (Å²) < 4.78 is 39.3. The lowest BCUT2D eigenvalue weighted by Gasteiger charge is -2.16. The molecule has 0 bridgehead atoms. The predicted molar refractivity (Wildman–Crippen MR) is 79.0 cm³/mol. The first kappa shape index (κ1) is 16.9. The van der Waals surface area contributed by atoms with Gasteiger partial charge in [-0.1, -0.05) is 34.8 Å². The molecule has 0 saturated heterocycles. The number of pyridine rings is 1. The van der Waals surface area contributed by atoms with Crippen molar-refractivity contribution in [1.82, 2.24) is 4.98 Å². The van der Waals surface area contributed by atoms with Crippen LogP contribution in [0.5, 0.6) is 0 Å². The first-order valence-corrected chi connectivity index (χ1v) is 6.96. The lowest BCUT2D eigenvalue weighted by Crippen LogP contribution is -2.11. The van der Waals surface area contributed by atoms with Crippen molar-refractivity contribution in [3.8, 4) is 17.3 Å². The molecule has 0 saturated carbocycles. The van der Waals surface area contributed by atoms with Crippen molar-refractivity contribution in [3.63, 3.8) is 0 Å². The van der Waals surface area contributed by atoms with E-state index in [-0.39, 0.29) is 31.9 Å². The van der Waals surface area contributed by atoms with Crippen LogP contribution in [0.25, 0.3) is 11.3 Å². The minimum atomic E-state index is -4.62. The fourth-order valence-electron chi connectivity index (χ4n) is 2.00. The Bertz CT molecular complexity index is 744. The third-order valence-corrected chi connectivity index (χ3v) is 3.68. The standard InChI is InChI=1S/C14H6Cl3F3N2/c15-7-5-10(16)12(11(17)6-7)13-8(1-3-21)9(2-4-22-13)14(18,19)20/h2,4-6H,1H2. The van der Waals surface area contributed by atoms with E-state index < -0.39 is 18.2 Å². The van der Waals surface area contributed by atoms with E-state index in [0.717, 1.165) is 12.3 Å². The van der Waals surface area contributed by atoms with Crippen molar-refractivity contribution in [1.29, 1.82) is 5.26 Å². The van der Waals surface area contributed by atoms with Gasteiger partial charge in [0.15, 0.2) is 0 Å². The highest BCUT2D eigenvalue weighted by molar-refractivity contribution is 6.41. The highest BCUT2D eigenvalue weighted by atomic mass is 35.5. The average molecular weight is 366 g/mol. The normalized spacial score (nSPS) is 11.3. The van der Waals surface area contributed by atoms with Gasteiger partial charge in [0.1, 0.15) is 0 Å². The predicted octanol–water partition coefficient (Wildman–Crippen LogP) is 5.79. The Morgan fingerprint density at radius 3 is 2.23 bits per heavy atom. The Morgan fingerprint density at radius 2 is 1.73 bits per heavy atom. The quantitative estimate of drug-likeness (QED) is 0.675. The first-order valence-electron chi connectivity index (χ1n) is 5.82. The average Bonchev–Trinajstić information content (AvgIpc) is 2.38. The fraction of sp³-hybridized carbons (Fsp3) is 0.143. The Balaban J connectivity index is 2.80. The van der Waals surface area contributed by atoms with Gasteiger partial charge in [-0.25, -0.2) is 0 Å². The SMILES string of the molecule is N#CCc1c(C(F)(F)F)ccnc1-c1c(Cl)cc(Cl)cc1Cl. The monoisotopic (exact) mass is 364 g/mol. The number of aromatic nitrogens is 1. The summed E-state index contributed by atoms with van der Waals surface area (Å²) in [6.45, 7) is 0. The van der Waals surface area contributed by atoms with E-state index in [1.54, 1.807) is 6.07 Å². The lowest BCUT2D eigenvalue weighted by molar-refractivity contribution is -0.138.